The van der Waals surface area contributed by atoms with E-state index in [1.807, 2.05) is 19.2 Å². The summed E-state index contributed by atoms with van der Waals surface area (Å²) in [5.41, 5.74) is 6.80. The molecular weight excluding hydrogens is 216 g/mol. The van der Waals surface area contributed by atoms with E-state index in [1.54, 1.807) is 11.1 Å². The van der Waals surface area contributed by atoms with Crippen LogP contribution in [0.3, 0.4) is 0 Å². The highest BCUT2D eigenvalue weighted by atomic mass is 16.2. The summed E-state index contributed by atoms with van der Waals surface area (Å²) < 4.78 is 0. The molecular formula is C12H18N4O. The van der Waals surface area contributed by atoms with E-state index >= 15 is 0 Å². The minimum atomic E-state index is 0.171. The van der Waals surface area contributed by atoms with Gasteiger partial charge in [-0.1, -0.05) is 6.07 Å². The molecule has 0 saturated carbocycles. The third-order valence-electron chi connectivity index (χ3n) is 3.07. The number of carbonyl (C=O) groups excluding carboxylic acids is 1. The van der Waals surface area contributed by atoms with Crippen LogP contribution in [0.5, 0.6) is 0 Å². The lowest BCUT2D eigenvalue weighted by Crippen LogP contribution is -2.34. The van der Waals surface area contributed by atoms with Crippen molar-refractivity contribution in [3.63, 3.8) is 0 Å². The van der Waals surface area contributed by atoms with Crippen molar-refractivity contribution < 1.29 is 4.79 Å². The maximum atomic E-state index is 11.7. The Bertz CT molecular complexity index is 407. The van der Waals surface area contributed by atoms with Gasteiger partial charge in [0.15, 0.2) is 0 Å². The van der Waals surface area contributed by atoms with E-state index in [2.05, 4.69) is 9.88 Å². The summed E-state index contributed by atoms with van der Waals surface area (Å²) in [6.07, 6.45) is 2.68. The van der Waals surface area contributed by atoms with Gasteiger partial charge in [0, 0.05) is 38.4 Å². The van der Waals surface area contributed by atoms with Crippen LogP contribution in [0.2, 0.25) is 0 Å². The van der Waals surface area contributed by atoms with E-state index in [0.717, 1.165) is 25.1 Å². The van der Waals surface area contributed by atoms with Crippen molar-refractivity contribution in [3.05, 3.63) is 23.9 Å². The van der Waals surface area contributed by atoms with Gasteiger partial charge in [-0.05, 0) is 12.5 Å². The van der Waals surface area contributed by atoms with Crippen LogP contribution < -0.4 is 5.73 Å². The van der Waals surface area contributed by atoms with Crippen LogP contribution in [0.4, 0.5) is 5.82 Å². The molecule has 1 aliphatic rings. The Balaban J connectivity index is 2.04. The van der Waals surface area contributed by atoms with Crippen molar-refractivity contribution in [3.8, 4) is 0 Å². The van der Waals surface area contributed by atoms with Crippen LogP contribution in [-0.4, -0.2) is 47.4 Å². The summed E-state index contributed by atoms with van der Waals surface area (Å²) in [4.78, 5) is 19.7. The zero-order chi connectivity index (χ0) is 12.3. The quantitative estimate of drug-likeness (QED) is 0.801. The third kappa shape index (κ3) is 2.94. The average Bonchev–Trinajstić information content (AvgIpc) is 2.45. The largest absolute Gasteiger partial charge is 0.383 e. The van der Waals surface area contributed by atoms with Crippen molar-refractivity contribution in [1.29, 1.82) is 0 Å². The lowest BCUT2D eigenvalue weighted by atomic mass is 10.2. The molecule has 0 unspecified atom stereocenters. The van der Waals surface area contributed by atoms with Crippen molar-refractivity contribution in [2.75, 3.05) is 32.4 Å². The van der Waals surface area contributed by atoms with E-state index in [4.69, 9.17) is 5.73 Å². The highest BCUT2D eigenvalue weighted by Crippen LogP contribution is 2.12. The summed E-state index contributed by atoms with van der Waals surface area (Å²) in [5, 5.41) is 0. The molecule has 5 nitrogen and oxygen atoms in total. The highest BCUT2D eigenvalue weighted by molar-refractivity contribution is 5.78. The SMILES string of the molecule is CN1CCCN(Cc2cccnc2N)CC1=O. The second kappa shape index (κ2) is 5.14. The van der Waals surface area contributed by atoms with Gasteiger partial charge in [-0.3, -0.25) is 9.69 Å². The Kier molecular flexibility index (Phi) is 3.58. The molecule has 0 aromatic carbocycles. The number of rotatable bonds is 2. The van der Waals surface area contributed by atoms with Crippen molar-refractivity contribution in [2.24, 2.45) is 0 Å². The zero-order valence-electron chi connectivity index (χ0n) is 10.1. The van der Waals surface area contributed by atoms with E-state index in [9.17, 15) is 4.79 Å². The fourth-order valence-electron chi connectivity index (χ4n) is 2.01. The first-order valence-corrected chi connectivity index (χ1v) is 5.82. The molecule has 92 valence electrons. The Labute approximate surface area is 101 Å². The first-order valence-electron chi connectivity index (χ1n) is 5.82. The highest BCUT2D eigenvalue weighted by Gasteiger charge is 2.19. The maximum absolute atomic E-state index is 11.7. The van der Waals surface area contributed by atoms with Gasteiger partial charge in [0.1, 0.15) is 5.82 Å². The van der Waals surface area contributed by atoms with Crippen LogP contribution in [0.1, 0.15) is 12.0 Å². The van der Waals surface area contributed by atoms with Crippen LogP contribution in [0, 0.1) is 0 Å². The van der Waals surface area contributed by atoms with Gasteiger partial charge >= 0.3 is 0 Å². The van der Waals surface area contributed by atoms with Crippen molar-refractivity contribution in [1.82, 2.24) is 14.8 Å². The smallest absolute Gasteiger partial charge is 0.236 e. The number of likely N-dealkylation sites (N-methyl/N-ethyl adjacent to an activating group) is 1. The number of hydrogen-bond acceptors (Lipinski definition) is 4. The molecule has 1 aliphatic heterocycles. The standard InChI is InChI=1S/C12H18N4O/c1-15-6-3-7-16(9-11(15)17)8-10-4-2-5-14-12(10)13/h2,4-5H,3,6-9H2,1H3,(H2,13,14). The van der Waals surface area contributed by atoms with Gasteiger partial charge in [0.25, 0.3) is 0 Å². The molecule has 2 N–H and O–H groups in total. The van der Waals surface area contributed by atoms with Crippen molar-refractivity contribution in [2.45, 2.75) is 13.0 Å². The minimum Gasteiger partial charge on any atom is -0.383 e. The summed E-state index contributed by atoms with van der Waals surface area (Å²) in [6.45, 7) is 2.91. The predicted octanol–water partition coefficient (Wildman–Crippen LogP) is 0.328. The van der Waals surface area contributed by atoms with E-state index in [0.29, 0.717) is 18.9 Å². The zero-order valence-corrected chi connectivity index (χ0v) is 10.1. The molecule has 5 heteroatoms. The molecule has 1 aromatic rings. The van der Waals surface area contributed by atoms with Crippen LogP contribution in [-0.2, 0) is 11.3 Å². The average molecular weight is 234 g/mol. The lowest BCUT2D eigenvalue weighted by Gasteiger charge is -2.19. The Morgan fingerprint density at radius 2 is 2.29 bits per heavy atom. The Morgan fingerprint density at radius 1 is 1.47 bits per heavy atom. The number of nitrogens with two attached hydrogens (primary N) is 1. The van der Waals surface area contributed by atoms with Gasteiger partial charge in [0.05, 0.1) is 6.54 Å². The molecule has 0 radical (unpaired) electrons. The number of nitrogens with zero attached hydrogens (tertiary/aromatic N) is 3. The van der Waals surface area contributed by atoms with Crippen molar-refractivity contribution >= 4 is 11.7 Å². The summed E-state index contributed by atoms with van der Waals surface area (Å²) in [7, 11) is 1.85. The molecule has 17 heavy (non-hydrogen) atoms. The fraction of sp³-hybridized carbons (Fsp3) is 0.500. The molecule has 0 atom stereocenters. The van der Waals surface area contributed by atoms with Crippen LogP contribution in [0.25, 0.3) is 0 Å². The number of carbonyl (C=O) groups is 1. The second-order valence-corrected chi connectivity index (χ2v) is 4.43. The van der Waals surface area contributed by atoms with Gasteiger partial charge in [-0.15, -0.1) is 0 Å². The molecule has 0 aliphatic carbocycles. The third-order valence-corrected chi connectivity index (χ3v) is 3.07. The monoisotopic (exact) mass is 234 g/mol. The summed E-state index contributed by atoms with van der Waals surface area (Å²) >= 11 is 0. The molecule has 1 aromatic heterocycles. The number of anilines is 1. The Hall–Kier alpha value is -1.62. The fourth-order valence-corrected chi connectivity index (χ4v) is 2.01. The molecule has 2 rings (SSSR count). The lowest BCUT2D eigenvalue weighted by molar-refractivity contribution is -0.129. The molecule has 1 saturated heterocycles. The first kappa shape index (κ1) is 11.9. The molecule has 1 amide bonds. The summed E-state index contributed by atoms with van der Waals surface area (Å²) in [5.74, 6) is 0.725. The van der Waals surface area contributed by atoms with E-state index in [1.165, 1.54) is 0 Å². The molecule has 0 spiro atoms. The summed E-state index contributed by atoms with van der Waals surface area (Å²) in [6, 6.07) is 3.83. The molecule has 1 fully saturated rings. The normalized spacial score (nSPS) is 18.2. The number of nitrogen functional groups attached to an aromatic ring is 1. The topological polar surface area (TPSA) is 62.5 Å². The molecule has 0 bridgehead atoms. The number of pyridine rings is 1. The van der Waals surface area contributed by atoms with Gasteiger partial charge in [-0.25, -0.2) is 4.98 Å². The van der Waals surface area contributed by atoms with E-state index < -0.39 is 0 Å². The number of amides is 1. The second-order valence-electron chi connectivity index (χ2n) is 4.43. The van der Waals surface area contributed by atoms with Gasteiger partial charge in [-0.2, -0.15) is 0 Å². The van der Waals surface area contributed by atoms with Crippen LogP contribution >= 0.6 is 0 Å². The minimum absolute atomic E-state index is 0.171. The van der Waals surface area contributed by atoms with Gasteiger partial charge < -0.3 is 10.6 Å². The number of hydrogen-bond donors (Lipinski definition) is 1. The predicted molar refractivity (Wildman–Crippen MR) is 66.2 cm³/mol. The van der Waals surface area contributed by atoms with Gasteiger partial charge in [0.2, 0.25) is 5.91 Å². The van der Waals surface area contributed by atoms with Crippen LogP contribution in [0.15, 0.2) is 18.3 Å². The first-order chi connectivity index (χ1) is 8.16. The maximum Gasteiger partial charge on any atom is 0.236 e. The molecule has 2 heterocycles. The Morgan fingerprint density at radius 3 is 3.06 bits per heavy atom. The van der Waals surface area contributed by atoms with E-state index in [-0.39, 0.29) is 5.91 Å². The number of aromatic nitrogens is 1.